The molecule has 1 aliphatic heterocycles. The molecule has 42 heavy (non-hydrogen) atoms. The molecular weight excluding hydrogens is 562 g/mol. The van der Waals surface area contributed by atoms with E-state index in [1.54, 1.807) is 18.2 Å². The molecule has 12 heteroatoms. The number of carbonyl (C=O) groups is 1. The Morgan fingerprint density at radius 1 is 1.02 bits per heavy atom. The van der Waals surface area contributed by atoms with Gasteiger partial charge in [0.15, 0.2) is 0 Å². The van der Waals surface area contributed by atoms with Crippen LogP contribution in [-0.4, -0.2) is 26.8 Å². The lowest BCUT2D eigenvalue weighted by Gasteiger charge is -2.27. The summed E-state index contributed by atoms with van der Waals surface area (Å²) in [6.07, 6.45) is 4.05. The molecule has 0 aliphatic carbocycles. The van der Waals surface area contributed by atoms with Gasteiger partial charge in [-0.25, -0.2) is 9.97 Å². The molecule has 5 rings (SSSR count). The molecule has 1 aliphatic rings. The number of nitrogens with two attached hydrogens (primary N) is 1. The average Bonchev–Trinajstić information content (AvgIpc) is 2.98. The van der Waals surface area contributed by atoms with E-state index in [4.69, 9.17) is 19.9 Å². The molecule has 2 atom stereocenters. The largest absolute Gasteiger partial charge is 0.485 e. The van der Waals surface area contributed by atoms with Gasteiger partial charge in [-0.15, -0.1) is 12.4 Å². The molecule has 0 spiro atoms. The lowest BCUT2D eigenvalue weighted by molar-refractivity contribution is -0.385. The minimum Gasteiger partial charge on any atom is -0.485 e. The van der Waals surface area contributed by atoms with Gasteiger partial charge in [0.25, 0.3) is 5.69 Å². The normalized spacial score (nSPS) is 14.5. The second kappa shape index (κ2) is 13.3. The maximum Gasteiger partial charge on any atom is 0.287 e. The monoisotopic (exact) mass is 591 g/mol. The van der Waals surface area contributed by atoms with Crippen molar-refractivity contribution >= 4 is 29.7 Å². The van der Waals surface area contributed by atoms with Gasteiger partial charge in [-0.2, -0.15) is 0 Å². The summed E-state index contributed by atoms with van der Waals surface area (Å²) in [5, 5.41) is 13.6. The highest BCUT2D eigenvalue weighted by Crippen LogP contribution is 2.38. The number of aromatic nitrogens is 2. The highest BCUT2D eigenvalue weighted by atomic mass is 35.5. The number of hydrogen-bond acceptors (Lipinski definition) is 9. The van der Waals surface area contributed by atoms with E-state index in [1.165, 1.54) is 18.3 Å². The zero-order valence-electron chi connectivity index (χ0n) is 22.9. The van der Waals surface area contributed by atoms with Crippen LogP contribution >= 0.6 is 12.4 Å². The Kier molecular flexibility index (Phi) is 9.56. The van der Waals surface area contributed by atoms with Crippen molar-refractivity contribution in [1.82, 2.24) is 9.97 Å². The summed E-state index contributed by atoms with van der Waals surface area (Å²) in [5.74, 6) is 2.38. The van der Waals surface area contributed by atoms with Gasteiger partial charge < -0.3 is 25.3 Å². The zero-order valence-corrected chi connectivity index (χ0v) is 23.7. The van der Waals surface area contributed by atoms with Gasteiger partial charge in [0, 0.05) is 18.2 Å². The van der Waals surface area contributed by atoms with Crippen LogP contribution < -0.4 is 25.3 Å². The second-order valence-corrected chi connectivity index (χ2v) is 9.95. The maximum absolute atomic E-state index is 12.2. The molecule has 11 nitrogen and oxygen atoms in total. The number of nitro groups is 1. The highest BCUT2D eigenvalue weighted by molar-refractivity contribution is 5.94. The van der Waals surface area contributed by atoms with E-state index in [0.29, 0.717) is 23.1 Å². The van der Waals surface area contributed by atoms with Crippen molar-refractivity contribution in [2.24, 2.45) is 11.7 Å². The topological polar surface area (TPSA) is 152 Å². The smallest absolute Gasteiger partial charge is 0.287 e. The molecule has 1 unspecified atom stereocenters. The number of nitrogens with one attached hydrogen (secondary N) is 1. The summed E-state index contributed by atoms with van der Waals surface area (Å²) in [6.45, 7) is 3.78. The summed E-state index contributed by atoms with van der Waals surface area (Å²) in [7, 11) is 0. The fourth-order valence-electron chi connectivity index (χ4n) is 4.27. The van der Waals surface area contributed by atoms with E-state index < -0.39 is 11.0 Å². The zero-order chi connectivity index (χ0) is 28.9. The van der Waals surface area contributed by atoms with Crippen molar-refractivity contribution in [2.45, 2.75) is 38.8 Å². The molecule has 3 heterocycles. The van der Waals surface area contributed by atoms with Crippen molar-refractivity contribution in [2.75, 3.05) is 5.32 Å². The lowest BCUT2D eigenvalue weighted by Crippen LogP contribution is -2.39. The van der Waals surface area contributed by atoms with E-state index in [2.05, 4.69) is 15.3 Å². The summed E-state index contributed by atoms with van der Waals surface area (Å²) >= 11 is 0. The van der Waals surface area contributed by atoms with Gasteiger partial charge in [-0.05, 0) is 66.3 Å². The first-order valence-electron chi connectivity index (χ1n) is 13.1. The summed E-state index contributed by atoms with van der Waals surface area (Å²) in [4.78, 5) is 30.8. The summed E-state index contributed by atoms with van der Waals surface area (Å²) in [5.41, 5.74) is 8.30. The quantitative estimate of drug-likeness (QED) is 0.167. The predicted molar refractivity (Wildman–Crippen MR) is 159 cm³/mol. The molecule has 218 valence electrons. The van der Waals surface area contributed by atoms with Crippen molar-refractivity contribution in [1.29, 1.82) is 0 Å². The number of halogens is 1. The van der Waals surface area contributed by atoms with Crippen LogP contribution in [-0.2, 0) is 11.2 Å². The summed E-state index contributed by atoms with van der Waals surface area (Å²) in [6, 6.07) is 18.8. The van der Waals surface area contributed by atoms with Gasteiger partial charge in [0.05, 0.1) is 22.8 Å². The highest BCUT2D eigenvalue weighted by Gasteiger charge is 2.23. The van der Waals surface area contributed by atoms with E-state index in [1.807, 2.05) is 50.2 Å². The van der Waals surface area contributed by atoms with Gasteiger partial charge in [0.1, 0.15) is 29.5 Å². The van der Waals surface area contributed by atoms with Crippen molar-refractivity contribution in [3.05, 3.63) is 100 Å². The molecule has 4 aromatic rings. The number of ether oxygens (including phenoxy) is 3. The van der Waals surface area contributed by atoms with E-state index >= 15 is 0 Å². The van der Waals surface area contributed by atoms with Crippen LogP contribution in [0.4, 0.5) is 11.4 Å². The number of pyridine rings is 2. The van der Waals surface area contributed by atoms with Crippen molar-refractivity contribution in [3.63, 3.8) is 0 Å². The number of fused-ring (bicyclic) bond motifs is 1. The number of anilines is 1. The molecule has 2 aromatic carbocycles. The standard InChI is InChI=1S/C30H29N5O6.ClH/c1-18(2)29(31)30(36)34-21-7-12-27(32-16-21)40-24-9-11-26-20(15-24)6-10-25(41-26)19-4-3-5-23(14-19)39-28-13-8-22(17-33-28)35(37)38;/h3-5,7-9,11-18,25,29H,6,10,31H2,1-2H3,(H,34,36);1H/t25-,29?;/m0./s1. The molecular formula is C30H30ClN5O6. The Morgan fingerprint density at radius 2 is 1.74 bits per heavy atom. The molecule has 1 amide bonds. The summed E-state index contributed by atoms with van der Waals surface area (Å²) < 4.78 is 18.0. The Balaban J connectivity index is 0.00000405. The van der Waals surface area contributed by atoms with Crippen LogP contribution in [0.1, 0.15) is 37.5 Å². The molecule has 0 bridgehead atoms. The van der Waals surface area contributed by atoms with Crippen LogP contribution in [0.5, 0.6) is 29.0 Å². The first-order chi connectivity index (χ1) is 19.7. The SMILES string of the molecule is CC(C)C(N)C(=O)Nc1ccc(Oc2ccc3c(c2)CC[C@@H](c2cccc(Oc4ccc([N+](=O)[O-])cn4)c2)O3)nc1.Cl. The van der Waals surface area contributed by atoms with Gasteiger partial charge in [0.2, 0.25) is 17.7 Å². The molecule has 3 N–H and O–H groups in total. The first-order valence-corrected chi connectivity index (χ1v) is 13.1. The molecule has 0 radical (unpaired) electrons. The maximum atomic E-state index is 12.2. The molecule has 2 aromatic heterocycles. The number of carbonyl (C=O) groups excluding carboxylic acids is 1. The van der Waals surface area contributed by atoms with Gasteiger partial charge in [-0.3, -0.25) is 14.9 Å². The fourth-order valence-corrected chi connectivity index (χ4v) is 4.27. The third-order valence-corrected chi connectivity index (χ3v) is 6.61. The third-order valence-electron chi connectivity index (χ3n) is 6.61. The lowest BCUT2D eigenvalue weighted by atomic mass is 9.97. The Morgan fingerprint density at radius 3 is 2.38 bits per heavy atom. The van der Waals surface area contributed by atoms with Crippen molar-refractivity contribution in [3.8, 4) is 29.0 Å². The Labute approximate surface area is 248 Å². The number of amides is 1. The Bertz CT molecular complexity index is 1550. The molecule has 0 fully saturated rings. The van der Waals surface area contributed by atoms with Crippen LogP contribution in [0.2, 0.25) is 0 Å². The minimum absolute atomic E-state index is 0. The van der Waals surface area contributed by atoms with E-state index in [-0.39, 0.29) is 41.9 Å². The van der Waals surface area contributed by atoms with Gasteiger partial charge in [-0.1, -0.05) is 26.0 Å². The molecule has 0 saturated heterocycles. The van der Waals surface area contributed by atoms with Crippen molar-refractivity contribution < 1.29 is 23.9 Å². The number of rotatable bonds is 9. The number of benzene rings is 2. The average molecular weight is 592 g/mol. The molecule has 0 saturated carbocycles. The van der Waals surface area contributed by atoms with Crippen LogP contribution in [0.3, 0.4) is 0 Å². The van der Waals surface area contributed by atoms with Gasteiger partial charge >= 0.3 is 0 Å². The van der Waals surface area contributed by atoms with Crippen LogP contribution in [0.25, 0.3) is 0 Å². The van der Waals surface area contributed by atoms with Crippen LogP contribution in [0.15, 0.2) is 79.1 Å². The predicted octanol–water partition coefficient (Wildman–Crippen LogP) is 6.38. The number of nitrogens with zero attached hydrogens (tertiary/aromatic N) is 3. The number of hydrogen-bond donors (Lipinski definition) is 2. The Hall–Kier alpha value is -4.74. The minimum atomic E-state index is -0.597. The first kappa shape index (κ1) is 30.2. The fraction of sp³-hybridized carbons (Fsp3) is 0.233. The second-order valence-electron chi connectivity index (χ2n) is 9.95. The van der Waals surface area contributed by atoms with E-state index in [0.717, 1.165) is 35.9 Å². The van der Waals surface area contributed by atoms with E-state index in [9.17, 15) is 14.9 Å². The third kappa shape index (κ3) is 7.31. The van der Waals surface area contributed by atoms with Crippen LogP contribution in [0, 0.1) is 16.0 Å². The number of aryl methyl sites for hydroxylation is 1.